The van der Waals surface area contributed by atoms with Crippen LogP contribution in [-0.2, 0) is 27.2 Å². The van der Waals surface area contributed by atoms with Gasteiger partial charge in [-0.05, 0) is 37.3 Å². The van der Waals surface area contributed by atoms with Crippen LogP contribution in [0.15, 0.2) is 60.7 Å². The molecule has 0 saturated heterocycles. The zero-order chi connectivity index (χ0) is 17.2. The Morgan fingerprint density at radius 3 is 2.08 bits per heavy atom. The first-order valence-corrected chi connectivity index (χ1v) is 8.48. The Bertz CT molecular complexity index is 635. The van der Waals surface area contributed by atoms with Gasteiger partial charge in [-0.15, -0.1) is 0 Å². The molecule has 2 rings (SSSR count). The van der Waals surface area contributed by atoms with Crippen molar-refractivity contribution in [2.75, 3.05) is 6.61 Å². The number of hydrogen-bond acceptors (Lipinski definition) is 3. The van der Waals surface area contributed by atoms with Gasteiger partial charge in [0.25, 0.3) is 0 Å². The largest absolute Gasteiger partial charge is 0.465 e. The molecule has 3 nitrogen and oxygen atoms in total. The molecule has 0 N–H and O–H groups in total. The fraction of sp³-hybridized carbons (Fsp3) is 0.333. The van der Waals surface area contributed by atoms with Gasteiger partial charge >= 0.3 is 5.97 Å². The number of carbonyl (C=O) groups excluding carboxylic acids is 2. The quantitative estimate of drug-likeness (QED) is 0.517. The number of hydrogen-bond donors (Lipinski definition) is 0. The molecule has 0 fully saturated rings. The third-order valence-corrected chi connectivity index (χ3v) is 3.97. The molecule has 0 aliphatic heterocycles. The van der Waals surface area contributed by atoms with Crippen molar-refractivity contribution in [1.29, 1.82) is 0 Å². The van der Waals surface area contributed by atoms with Crippen molar-refractivity contribution >= 4 is 11.8 Å². The maximum atomic E-state index is 12.6. The molecule has 1 unspecified atom stereocenters. The predicted molar refractivity (Wildman–Crippen MR) is 94.7 cm³/mol. The highest BCUT2D eigenvalue weighted by molar-refractivity contribution is 5.99. The van der Waals surface area contributed by atoms with Crippen molar-refractivity contribution in [2.45, 2.75) is 32.6 Å². The molecule has 24 heavy (non-hydrogen) atoms. The molecule has 126 valence electrons. The van der Waals surface area contributed by atoms with E-state index in [4.69, 9.17) is 4.74 Å². The van der Waals surface area contributed by atoms with E-state index in [9.17, 15) is 9.59 Å². The number of aryl methyl sites for hydroxylation is 1. The van der Waals surface area contributed by atoms with Gasteiger partial charge in [0.1, 0.15) is 11.7 Å². The standard InChI is InChI=1S/C21H24O3/c1-2-24-21(23)19(16-18-12-7-4-8-13-18)20(22)15-9-14-17-10-5-3-6-11-17/h3-8,10-13,19H,2,9,14-16H2,1H3. The molecule has 0 bridgehead atoms. The summed E-state index contributed by atoms with van der Waals surface area (Å²) in [5.41, 5.74) is 2.19. The molecular weight excluding hydrogens is 300 g/mol. The zero-order valence-corrected chi connectivity index (χ0v) is 14.1. The summed E-state index contributed by atoms with van der Waals surface area (Å²) in [6.45, 7) is 2.05. The molecule has 0 spiro atoms. The van der Waals surface area contributed by atoms with Gasteiger partial charge in [-0.3, -0.25) is 9.59 Å². The van der Waals surface area contributed by atoms with Crippen LogP contribution < -0.4 is 0 Å². The van der Waals surface area contributed by atoms with Crippen molar-refractivity contribution in [3.05, 3.63) is 71.8 Å². The van der Waals surface area contributed by atoms with Crippen LogP contribution in [0.5, 0.6) is 0 Å². The van der Waals surface area contributed by atoms with E-state index in [0.717, 1.165) is 18.4 Å². The van der Waals surface area contributed by atoms with Crippen LogP contribution in [0.3, 0.4) is 0 Å². The monoisotopic (exact) mass is 324 g/mol. The third-order valence-electron chi connectivity index (χ3n) is 3.97. The lowest BCUT2D eigenvalue weighted by Crippen LogP contribution is -2.28. The number of ketones is 1. The summed E-state index contributed by atoms with van der Waals surface area (Å²) in [5.74, 6) is -1.15. The molecule has 0 aliphatic carbocycles. The Morgan fingerprint density at radius 2 is 1.50 bits per heavy atom. The normalized spacial score (nSPS) is 11.7. The molecule has 3 heteroatoms. The summed E-state index contributed by atoms with van der Waals surface area (Å²) < 4.78 is 5.10. The third kappa shape index (κ3) is 5.65. The summed E-state index contributed by atoms with van der Waals surface area (Å²) in [4.78, 5) is 24.7. The van der Waals surface area contributed by atoms with Gasteiger partial charge in [-0.2, -0.15) is 0 Å². The molecule has 0 heterocycles. The molecule has 2 aromatic carbocycles. The first kappa shape index (κ1) is 17.9. The van der Waals surface area contributed by atoms with E-state index in [0.29, 0.717) is 19.4 Å². The predicted octanol–water partition coefficient (Wildman–Crippen LogP) is 4.00. The molecule has 0 aromatic heterocycles. The highest BCUT2D eigenvalue weighted by Crippen LogP contribution is 2.16. The van der Waals surface area contributed by atoms with E-state index in [1.54, 1.807) is 6.92 Å². The van der Waals surface area contributed by atoms with Crippen molar-refractivity contribution in [3.63, 3.8) is 0 Å². The van der Waals surface area contributed by atoms with Gasteiger partial charge in [0.15, 0.2) is 0 Å². The van der Waals surface area contributed by atoms with Crippen LogP contribution in [0.4, 0.5) is 0 Å². The minimum Gasteiger partial charge on any atom is -0.465 e. The molecular formula is C21H24O3. The number of benzene rings is 2. The second-order valence-electron chi connectivity index (χ2n) is 5.80. The zero-order valence-electron chi connectivity index (χ0n) is 14.1. The Morgan fingerprint density at radius 1 is 0.917 bits per heavy atom. The van der Waals surface area contributed by atoms with Crippen LogP contribution >= 0.6 is 0 Å². The maximum absolute atomic E-state index is 12.6. The fourth-order valence-electron chi connectivity index (χ4n) is 2.71. The van der Waals surface area contributed by atoms with E-state index < -0.39 is 11.9 Å². The highest BCUT2D eigenvalue weighted by Gasteiger charge is 2.27. The lowest BCUT2D eigenvalue weighted by Gasteiger charge is -2.14. The number of rotatable bonds is 9. The molecule has 1 atom stereocenters. The minimum absolute atomic E-state index is 0.0340. The van der Waals surface area contributed by atoms with Crippen molar-refractivity contribution in [2.24, 2.45) is 5.92 Å². The number of Topliss-reactive ketones (excluding diaryl/α,β-unsaturated/α-hetero) is 1. The Kier molecular flexibility index (Phi) is 7.21. The number of esters is 1. The van der Waals surface area contributed by atoms with Crippen molar-refractivity contribution in [1.82, 2.24) is 0 Å². The van der Waals surface area contributed by atoms with Gasteiger partial charge < -0.3 is 4.74 Å². The smallest absolute Gasteiger partial charge is 0.316 e. The average Bonchev–Trinajstić information content (AvgIpc) is 2.61. The second-order valence-corrected chi connectivity index (χ2v) is 5.80. The van der Waals surface area contributed by atoms with Crippen LogP contribution in [0.1, 0.15) is 30.9 Å². The number of ether oxygens (including phenoxy) is 1. The van der Waals surface area contributed by atoms with Gasteiger partial charge in [-0.25, -0.2) is 0 Å². The second kappa shape index (κ2) is 9.66. The van der Waals surface area contributed by atoms with Crippen LogP contribution in [-0.4, -0.2) is 18.4 Å². The van der Waals surface area contributed by atoms with E-state index in [1.165, 1.54) is 5.56 Å². The Balaban J connectivity index is 1.94. The summed E-state index contributed by atoms with van der Waals surface area (Å²) in [6, 6.07) is 19.7. The van der Waals surface area contributed by atoms with Gasteiger partial charge in [0, 0.05) is 6.42 Å². The fourth-order valence-corrected chi connectivity index (χ4v) is 2.71. The van der Waals surface area contributed by atoms with E-state index in [-0.39, 0.29) is 5.78 Å². The van der Waals surface area contributed by atoms with E-state index in [1.807, 2.05) is 48.5 Å². The summed E-state index contributed by atoms with van der Waals surface area (Å²) in [7, 11) is 0. The minimum atomic E-state index is -0.705. The van der Waals surface area contributed by atoms with Crippen LogP contribution in [0, 0.1) is 5.92 Å². The highest BCUT2D eigenvalue weighted by atomic mass is 16.5. The average molecular weight is 324 g/mol. The molecule has 2 aromatic rings. The van der Waals surface area contributed by atoms with Gasteiger partial charge in [-0.1, -0.05) is 60.7 Å². The lowest BCUT2D eigenvalue weighted by molar-refractivity contribution is -0.151. The molecule has 0 saturated carbocycles. The first-order valence-electron chi connectivity index (χ1n) is 8.48. The maximum Gasteiger partial charge on any atom is 0.316 e. The summed E-state index contributed by atoms with van der Waals surface area (Å²) >= 11 is 0. The topological polar surface area (TPSA) is 43.4 Å². The van der Waals surface area contributed by atoms with Crippen LogP contribution in [0.2, 0.25) is 0 Å². The molecule has 0 amide bonds. The van der Waals surface area contributed by atoms with Crippen molar-refractivity contribution < 1.29 is 14.3 Å². The van der Waals surface area contributed by atoms with Crippen molar-refractivity contribution in [3.8, 4) is 0 Å². The molecule has 0 aliphatic rings. The molecule has 0 radical (unpaired) electrons. The summed E-state index contributed by atoms with van der Waals surface area (Å²) in [5, 5.41) is 0. The van der Waals surface area contributed by atoms with Crippen LogP contribution in [0.25, 0.3) is 0 Å². The van der Waals surface area contributed by atoms with E-state index >= 15 is 0 Å². The Hall–Kier alpha value is -2.42. The SMILES string of the molecule is CCOC(=O)C(Cc1ccccc1)C(=O)CCCc1ccccc1. The lowest BCUT2D eigenvalue weighted by atomic mass is 9.92. The summed E-state index contributed by atoms with van der Waals surface area (Å²) in [6.07, 6.45) is 2.38. The van der Waals surface area contributed by atoms with Gasteiger partial charge in [0.2, 0.25) is 0 Å². The first-order chi connectivity index (χ1) is 11.7. The van der Waals surface area contributed by atoms with E-state index in [2.05, 4.69) is 12.1 Å². The Labute approximate surface area is 143 Å². The van der Waals surface area contributed by atoms with Gasteiger partial charge in [0.05, 0.1) is 6.61 Å². The number of carbonyl (C=O) groups is 2.